The number of halogens is 3. The Balaban J connectivity index is 1.25. The van der Waals surface area contributed by atoms with Gasteiger partial charge in [-0.25, -0.2) is 18.2 Å². The fourth-order valence-electron chi connectivity index (χ4n) is 4.76. The van der Waals surface area contributed by atoms with E-state index in [1.165, 1.54) is 17.0 Å². The molecule has 6 rings (SSSR count). The van der Waals surface area contributed by atoms with Crippen molar-refractivity contribution in [3.05, 3.63) is 101 Å². The zero-order chi connectivity index (χ0) is 30.8. The van der Waals surface area contributed by atoms with Crippen LogP contribution in [0.15, 0.2) is 67.0 Å². The predicted octanol–water partition coefficient (Wildman–Crippen LogP) is 4.84. The van der Waals surface area contributed by atoms with Gasteiger partial charge in [0, 0.05) is 45.4 Å². The van der Waals surface area contributed by atoms with E-state index in [-0.39, 0.29) is 24.7 Å². The van der Waals surface area contributed by atoms with Gasteiger partial charge in [-0.05, 0) is 47.5 Å². The summed E-state index contributed by atoms with van der Waals surface area (Å²) < 4.78 is 53.6. The molecule has 10 nitrogen and oxygen atoms in total. The molecule has 0 radical (unpaired) electrons. The van der Waals surface area contributed by atoms with Gasteiger partial charge in [-0.15, -0.1) is 0 Å². The van der Waals surface area contributed by atoms with Crippen molar-refractivity contribution in [3.63, 3.8) is 0 Å². The summed E-state index contributed by atoms with van der Waals surface area (Å²) in [5.74, 6) is -0.269. The van der Waals surface area contributed by atoms with Crippen molar-refractivity contribution in [2.75, 3.05) is 44.2 Å². The lowest BCUT2D eigenvalue weighted by atomic mass is 10.2. The van der Waals surface area contributed by atoms with Gasteiger partial charge >= 0.3 is 0 Å². The Morgan fingerprint density at radius 3 is 2.39 bits per heavy atom. The largest absolute Gasteiger partial charge is 0.454 e. The number of nitrogens with zero attached hydrogens (tertiary/aromatic N) is 6. The summed E-state index contributed by atoms with van der Waals surface area (Å²) >= 11 is 0. The zero-order valence-corrected chi connectivity index (χ0v) is 23.9. The maximum absolute atomic E-state index is 13.7. The van der Waals surface area contributed by atoms with Crippen LogP contribution < -0.4 is 19.7 Å². The van der Waals surface area contributed by atoms with E-state index in [1.54, 1.807) is 37.5 Å². The van der Waals surface area contributed by atoms with E-state index in [0.29, 0.717) is 54.1 Å². The number of rotatable bonds is 10. The summed E-state index contributed by atoms with van der Waals surface area (Å²) in [7, 11) is 3.34. The topological polar surface area (TPSA) is 97.6 Å². The molecule has 44 heavy (non-hydrogen) atoms. The standard InChI is InChI=1S/C31H28F3N7O3/c1-39(30(42)21-12-23(33)14-24(34)13-21)9-10-40(2)31-37-28(35-15-20-5-8-25-26(11-20)44-18-43-25)27-29(38-31)41(17-36-27)16-19-3-6-22(32)7-4-19/h3-8,11-14,17H,9-10,15-16,18H2,1-2H3,(H,35,37,38). The second-order valence-corrected chi connectivity index (χ2v) is 10.4. The zero-order valence-electron chi connectivity index (χ0n) is 23.9. The van der Waals surface area contributed by atoms with Crippen LogP contribution in [0, 0.1) is 17.5 Å². The van der Waals surface area contributed by atoms with Crippen LogP contribution in [0.1, 0.15) is 21.5 Å². The molecule has 2 aromatic heterocycles. The minimum atomic E-state index is -0.821. The number of likely N-dealkylation sites (N-methyl/N-ethyl adjacent to an activating group) is 2. The lowest BCUT2D eigenvalue weighted by Gasteiger charge is -2.23. The molecule has 1 amide bonds. The van der Waals surface area contributed by atoms with E-state index < -0.39 is 17.5 Å². The van der Waals surface area contributed by atoms with E-state index in [2.05, 4.69) is 10.3 Å². The highest BCUT2D eigenvalue weighted by Gasteiger charge is 2.19. The Kier molecular flexibility index (Phi) is 7.92. The molecule has 13 heteroatoms. The Morgan fingerprint density at radius 1 is 0.886 bits per heavy atom. The minimum absolute atomic E-state index is 0.0787. The first-order chi connectivity index (χ1) is 21.2. The molecule has 0 saturated carbocycles. The monoisotopic (exact) mass is 603 g/mol. The van der Waals surface area contributed by atoms with Crippen LogP contribution in [0.5, 0.6) is 11.5 Å². The van der Waals surface area contributed by atoms with Crippen molar-refractivity contribution in [2.24, 2.45) is 0 Å². The molecule has 1 aliphatic rings. The predicted molar refractivity (Wildman–Crippen MR) is 157 cm³/mol. The highest BCUT2D eigenvalue weighted by Crippen LogP contribution is 2.33. The van der Waals surface area contributed by atoms with Crippen molar-refractivity contribution >= 4 is 28.8 Å². The average Bonchev–Trinajstić information content (AvgIpc) is 3.65. The SMILES string of the molecule is CN(CCN(C)c1nc(NCc2ccc3c(c2)OCO3)c2ncn(Cc3ccc(F)cc3)c2n1)C(=O)c1cc(F)cc(F)c1. The summed E-state index contributed by atoms with van der Waals surface area (Å²) in [5.41, 5.74) is 2.83. The van der Waals surface area contributed by atoms with Gasteiger partial charge < -0.3 is 29.2 Å². The highest BCUT2D eigenvalue weighted by molar-refractivity contribution is 5.94. The van der Waals surface area contributed by atoms with Gasteiger partial charge in [0.25, 0.3) is 5.91 Å². The molecule has 0 bridgehead atoms. The molecule has 0 fully saturated rings. The minimum Gasteiger partial charge on any atom is -0.454 e. The number of amides is 1. The Hall–Kier alpha value is -5.33. The first-order valence-electron chi connectivity index (χ1n) is 13.8. The summed E-state index contributed by atoms with van der Waals surface area (Å²) in [6, 6.07) is 14.6. The lowest BCUT2D eigenvalue weighted by molar-refractivity contribution is 0.0797. The van der Waals surface area contributed by atoms with Crippen molar-refractivity contribution in [1.29, 1.82) is 0 Å². The van der Waals surface area contributed by atoms with Crippen molar-refractivity contribution in [3.8, 4) is 11.5 Å². The van der Waals surface area contributed by atoms with E-state index in [4.69, 9.17) is 19.4 Å². The van der Waals surface area contributed by atoms with Crippen molar-refractivity contribution in [2.45, 2.75) is 13.1 Å². The van der Waals surface area contributed by atoms with E-state index in [9.17, 15) is 18.0 Å². The quantitative estimate of drug-likeness (QED) is 0.242. The summed E-state index contributed by atoms with van der Waals surface area (Å²) in [6.45, 7) is 1.54. The van der Waals surface area contributed by atoms with Gasteiger partial charge in [0.15, 0.2) is 28.5 Å². The molecule has 3 heterocycles. The van der Waals surface area contributed by atoms with Crippen LogP contribution in [0.25, 0.3) is 11.2 Å². The summed E-state index contributed by atoms with van der Waals surface area (Å²) in [4.78, 5) is 30.0. The van der Waals surface area contributed by atoms with Crippen LogP contribution in [-0.4, -0.2) is 64.3 Å². The molecule has 3 aromatic carbocycles. The van der Waals surface area contributed by atoms with Gasteiger partial charge in [-0.1, -0.05) is 18.2 Å². The Labute approximate surface area is 250 Å². The number of imidazole rings is 1. The number of hydrogen-bond acceptors (Lipinski definition) is 8. The normalized spacial score (nSPS) is 12.0. The number of aromatic nitrogens is 4. The second-order valence-electron chi connectivity index (χ2n) is 10.4. The maximum atomic E-state index is 13.7. The van der Waals surface area contributed by atoms with E-state index in [0.717, 1.165) is 29.3 Å². The van der Waals surface area contributed by atoms with Crippen LogP contribution in [0.4, 0.5) is 24.9 Å². The van der Waals surface area contributed by atoms with Crippen LogP contribution in [0.2, 0.25) is 0 Å². The highest BCUT2D eigenvalue weighted by atomic mass is 19.1. The molecule has 0 aliphatic carbocycles. The number of anilines is 2. The molecule has 5 aromatic rings. The van der Waals surface area contributed by atoms with E-state index in [1.807, 2.05) is 22.8 Å². The number of hydrogen-bond donors (Lipinski definition) is 1. The number of ether oxygens (including phenoxy) is 2. The first-order valence-corrected chi connectivity index (χ1v) is 13.8. The number of nitrogens with one attached hydrogen (secondary N) is 1. The molecule has 1 aliphatic heterocycles. The van der Waals surface area contributed by atoms with E-state index >= 15 is 0 Å². The summed E-state index contributed by atoms with van der Waals surface area (Å²) in [6.07, 6.45) is 1.66. The smallest absolute Gasteiger partial charge is 0.253 e. The molecular weight excluding hydrogens is 575 g/mol. The second kappa shape index (κ2) is 12.1. The number of carbonyl (C=O) groups is 1. The van der Waals surface area contributed by atoms with Gasteiger partial charge in [0.05, 0.1) is 12.9 Å². The fourth-order valence-corrected chi connectivity index (χ4v) is 4.76. The Bertz CT molecular complexity index is 1810. The average molecular weight is 604 g/mol. The molecular formula is C31H28F3N7O3. The van der Waals surface area contributed by atoms with Gasteiger partial charge in [-0.3, -0.25) is 4.79 Å². The molecule has 0 saturated heterocycles. The van der Waals surface area contributed by atoms with Crippen LogP contribution in [-0.2, 0) is 13.1 Å². The number of fused-ring (bicyclic) bond motifs is 2. The lowest BCUT2D eigenvalue weighted by Crippen LogP contribution is -2.35. The Morgan fingerprint density at radius 2 is 1.61 bits per heavy atom. The van der Waals surface area contributed by atoms with Gasteiger partial charge in [0.1, 0.15) is 17.5 Å². The third-order valence-electron chi connectivity index (χ3n) is 7.18. The molecule has 1 N–H and O–H groups in total. The first kappa shape index (κ1) is 28.8. The van der Waals surface area contributed by atoms with Crippen molar-refractivity contribution < 1.29 is 27.4 Å². The van der Waals surface area contributed by atoms with Gasteiger partial charge in [0.2, 0.25) is 12.7 Å². The number of carbonyl (C=O) groups excluding carboxylic acids is 1. The van der Waals surface area contributed by atoms with Crippen LogP contribution >= 0.6 is 0 Å². The molecule has 0 spiro atoms. The molecule has 0 unspecified atom stereocenters. The maximum Gasteiger partial charge on any atom is 0.253 e. The van der Waals surface area contributed by atoms with Crippen LogP contribution in [0.3, 0.4) is 0 Å². The van der Waals surface area contributed by atoms with Gasteiger partial charge in [-0.2, -0.15) is 9.97 Å². The number of benzene rings is 3. The summed E-state index contributed by atoms with van der Waals surface area (Å²) in [5, 5.41) is 3.36. The third-order valence-corrected chi connectivity index (χ3v) is 7.18. The fraction of sp³-hybridized carbons (Fsp3) is 0.226. The molecule has 226 valence electrons. The van der Waals surface area contributed by atoms with Crippen molar-refractivity contribution in [1.82, 2.24) is 24.4 Å². The molecule has 0 atom stereocenters. The third kappa shape index (κ3) is 6.21.